The Balaban J connectivity index is 1.41. The molecule has 4 rings (SSSR count). The van der Waals surface area contributed by atoms with Crippen LogP contribution in [0.1, 0.15) is 5.56 Å². The van der Waals surface area contributed by atoms with Gasteiger partial charge < -0.3 is 14.5 Å². The number of hydrogen-bond acceptors (Lipinski definition) is 4. The molecular weight excluding hydrogens is 376 g/mol. The van der Waals surface area contributed by atoms with E-state index >= 15 is 0 Å². The highest BCUT2D eigenvalue weighted by molar-refractivity contribution is 6.32. The predicted molar refractivity (Wildman–Crippen MR) is 110 cm³/mol. The maximum absolute atomic E-state index is 12.1. The lowest BCUT2D eigenvalue weighted by molar-refractivity contribution is -0.118. The third kappa shape index (κ3) is 4.00. The Hall–Kier alpha value is -3.31. The number of halogens is 1. The molecule has 4 aromatic rings. The molecule has 1 N–H and O–H groups in total. The van der Waals surface area contributed by atoms with Gasteiger partial charge in [-0.25, -0.2) is 4.98 Å². The Morgan fingerprint density at radius 2 is 1.89 bits per heavy atom. The fraction of sp³-hybridized carbons (Fsp3) is 0.0909. The highest BCUT2D eigenvalue weighted by Gasteiger charge is 2.10. The van der Waals surface area contributed by atoms with E-state index in [1.54, 1.807) is 36.4 Å². The van der Waals surface area contributed by atoms with E-state index in [1.807, 2.05) is 37.3 Å². The maximum Gasteiger partial charge on any atom is 0.262 e. The zero-order chi connectivity index (χ0) is 19.5. The summed E-state index contributed by atoms with van der Waals surface area (Å²) in [5.74, 6) is 0.742. The molecule has 0 radical (unpaired) electrons. The molecule has 5 nitrogen and oxygen atoms in total. The van der Waals surface area contributed by atoms with Gasteiger partial charge in [-0.3, -0.25) is 4.79 Å². The molecule has 0 spiro atoms. The summed E-state index contributed by atoms with van der Waals surface area (Å²) in [4.78, 5) is 16.6. The molecule has 0 saturated carbocycles. The van der Waals surface area contributed by atoms with E-state index in [0.717, 1.165) is 22.2 Å². The Labute approximate surface area is 166 Å². The summed E-state index contributed by atoms with van der Waals surface area (Å²) in [5.41, 5.74) is 4.17. The first kappa shape index (κ1) is 18.1. The number of ether oxygens (including phenoxy) is 1. The molecule has 0 unspecified atom stereocenters. The zero-order valence-electron chi connectivity index (χ0n) is 15.1. The number of aryl methyl sites for hydroxylation is 1. The molecule has 6 heteroatoms. The maximum atomic E-state index is 12.1. The summed E-state index contributed by atoms with van der Waals surface area (Å²) < 4.78 is 11.3. The molecule has 0 aliphatic carbocycles. The molecule has 1 heterocycles. The van der Waals surface area contributed by atoms with E-state index in [2.05, 4.69) is 10.3 Å². The van der Waals surface area contributed by atoms with Gasteiger partial charge in [0, 0.05) is 11.3 Å². The predicted octanol–water partition coefficient (Wildman–Crippen LogP) is 5.47. The molecule has 3 aromatic carbocycles. The number of fused-ring (bicyclic) bond motifs is 1. The second kappa shape index (κ2) is 7.74. The van der Waals surface area contributed by atoms with Crippen molar-refractivity contribution in [2.45, 2.75) is 6.92 Å². The van der Waals surface area contributed by atoms with Crippen LogP contribution in [-0.4, -0.2) is 17.5 Å². The van der Waals surface area contributed by atoms with Crippen LogP contribution in [0.2, 0.25) is 5.02 Å². The second-order valence-electron chi connectivity index (χ2n) is 6.33. The normalized spacial score (nSPS) is 10.8. The molecule has 0 bridgehead atoms. The summed E-state index contributed by atoms with van der Waals surface area (Å²) in [6.07, 6.45) is 0. The van der Waals surface area contributed by atoms with Gasteiger partial charge in [0.05, 0.1) is 5.02 Å². The van der Waals surface area contributed by atoms with Crippen LogP contribution in [-0.2, 0) is 4.79 Å². The lowest BCUT2D eigenvalue weighted by atomic mass is 10.2. The molecule has 0 saturated heterocycles. The van der Waals surface area contributed by atoms with Crippen molar-refractivity contribution in [3.8, 4) is 17.2 Å². The van der Waals surface area contributed by atoms with Gasteiger partial charge in [-0.05, 0) is 61.0 Å². The average molecular weight is 393 g/mol. The molecule has 1 amide bonds. The first-order valence-corrected chi connectivity index (χ1v) is 9.11. The summed E-state index contributed by atoms with van der Waals surface area (Å²) in [6.45, 7) is 1.88. The Morgan fingerprint density at radius 3 is 2.68 bits per heavy atom. The van der Waals surface area contributed by atoms with Crippen molar-refractivity contribution >= 4 is 34.3 Å². The minimum absolute atomic E-state index is 0.129. The second-order valence-corrected chi connectivity index (χ2v) is 6.74. The largest absolute Gasteiger partial charge is 0.482 e. The molecule has 0 aliphatic rings. The van der Waals surface area contributed by atoms with Crippen LogP contribution in [0.25, 0.3) is 22.6 Å². The zero-order valence-corrected chi connectivity index (χ0v) is 15.9. The minimum atomic E-state index is -0.273. The number of carbonyl (C=O) groups is 1. The lowest BCUT2D eigenvalue weighted by Crippen LogP contribution is -2.20. The number of hydrogen-bond donors (Lipinski definition) is 1. The quantitative estimate of drug-likeness (QED) is 0.488. The number of rotatable bonds is 5. The van der Waals surface area contributed by atoms with Crippen LogP contribution in [0.5, 0.6) is 5.75 Å². The van der Waals surface area contributed by atoms with E-state index in [-0.39, 0.29) is 12.5 Å². The summed E-state index contributed by atoms with van der Waals surface area (Å²) in [6, 6.07) is 20.2. The van der Waals surface area contributed by atoms with E-state index in [1.165, 1.54) is 0 Å². The monoisotopic (exact) mass is 392 g/mol. The van der Waals surface area contributed by atoms with E-state index < -0.39 is 0 Å². The highest BCUT2D eigenvalue weighted by atomic mass is 35.5. The molecule has 0 fully saturated rings. The number of amides is 1. The summed E-state index contributed by atoms with van der Waals surface area (Å²) in [7, 11) is 0. The highest BCUT2D eigenvalue weighted by Crippen LogP contribution is 2.26. The van der Waals surface area contributed by atoms with Crippen LogP contribution in [0, 0.1) is 6.92 Å². The Bertz CT molecular complexity index is 1140. The van der Waals surface area contributed by atoms with Crippen molar-refractivity contribution in [3.05, 3.63) is 77.3 Å². The number of benzene rings is 3. The fourth-order valence-corrected chi connectivity index (χ4v) is 2.94. The summed E-state index contributed by atoms with van der Waals surface area (Å²) in [5, 5.41) is 3.25. The SMILES string of the molecule is Cc1ccc2nc(-c3ccc(NC(=O)COc4ccccc4Cl)cc3)oc2c1. The van der Waals surface area contributed by atoms with Gasteiger partial charge in [0.15, 0.2) is 12.2 Å². The topological polar surface area (TPSA) is 64.4 Å². The van der Waals surface area contributed by atoms with Crippen molar-refractivity contribution in [2.75, 3.05) is 11.9 Å². The molecule has 28 heavy (non-hydrogen) atoms. The third-order valence-electron chi connectivity index (χ3n) is 4.15. The first-order chi connectivity index (χ1) is 13.6. The lowest BCUT2D eigenvalue weighted by Gasteiger charge is -2.08. The molecule has 0 atom stereocenters. The van der Waals surface area contributed by atoms with Crippen molar-refractivity contribution in [1.29, 1.82) is 0 Å². The number of nitrogens with one attached hydrogen (secondary N) is 1. The molecular formula is C22H17ClN2O3. The molecule has 140 valence electrons. The third-order valence-corrected chi connectivity index (χ3v) is 4.47. The number of para-hydroxylation sites is 1. The van der Waals surface area contributed by atoms with E-state index in [9.17, 15) is 4.79 Å². The number of nitrogens with zero attached hydrogens (tertiary/aromatic N) is 1. The van der Waals surface area contributed by atoms with Gasteiger partial charge in [0.2, 0.25) is 5.89 Å². The number of oxazole rings is 1. The van der Waals surface area contributed by atoms with Gasteiger partial charge in [0.25, 0.3) is 5.91 Å². The van der Waals surface area contributed by atoms with Crippen LogP contribution in [0.3, 0.4) is 0 Å². The smallest absolute Gasteiger partial charge is 0.262 e. The standard InChI is InChI=1S/C22H17ClN2O3/c1-14-6-11-18-20(12-14)28-22(25-18)15-7-9-16(10-8-15)24-21(26)13-27-19-5-3-2-4-17(19)23/h2-12H,13H2,1H3,(H,24,26). The number of anilines is 1. The van der Waals surface area contributed by atoms with Gasteiger partial charge in [-0.15, -0.1) is 0 Å². The van der Waals surface area contributed by atoms with Gasteiger partial charge in [-0.1, -0.05) is 29.8 Å². The van der Waals surface area contributed by atoms with E-state index in [4.69, 9.17) is 20.8 Å². The van der Waals surface area contributed by atoms with Crippen LogP contribution < -0.4 is 10.1 Å². The Kier molecular flexibility index (Phi) is 5.00. The number of aromatic nitrogens is 1. The van der Waals surface area contributed by atoms with Gasteiger partial charge >= 0.3 is 0 Å². The minimum Gasteiger partial charge on any atom is -0.482 e. The van der Waals surface area contributed by atoms with Crippen molar-refractivity contribution < 1.29 is 13.9 Å². The molecule has 0 aliphatic heterocycles. The van der Waals surface area contributed by atoms with Crippen molar-refractivity contribution in [1.82, 2.24) is 4.98 Å². The van der Waals surface area contributed by atoms with Crippen LogP contribution in [0.4, 0.5) is 5.69 Å². The van der Waals surface area contributed by atoms with E-state index in [0.29, 0.717) is 22.4 Å². The summed E-state index contributed by atoms with van der Waals surface area (Å²) >= 11 is 6.01. The van der Waals surface area contributed by atoms with Gasteiger partial charge in [0.1, 0.15) is 11.3 Å². The first-order valence-electron chi connectivity index (χ1n) is 8.73. The number of carbonyl (C=O) groups excluding carboxylic acids is 1. The molecule has 1 aromatic heterocycles. The fourth-order valence-electron chi connectivity index (χ4n) is 2.75. The van der Waals surface area contributed by atoms with Crippen molar-refractivity contribution in [3.63, 3.8) is 0 Å². The Morgan fingerprint density at radius 1 is 1.11 bits per heavy atom. The van der Waals surface area contributed by atoms with Gasteiger partial charge in [-0.2, -0.15) is 0 Å². The van der Waals surface area contributed by atoms with Crippen LogP contribution >= 0.6 is 11.6 Å². The van der Waals surface area contributed by atoms with Crippen molar-refractivity contribution in [2.24, 2.45) is 0 Å². The van der Waals surface area contributed by atoms with Crippen LogP contribution in [0.15, 0.2) is 71.1 Å². The average Bonchev–Trinajstić information content (AvgIpc) is 3.11.